The minimum Gasteiger partial charge on any atom is -0.347 e. The Kier molecular flexibility index (Phi) is 3.92. The van der Waals surface area contributed by atoms with Gasteiger partial charge in [0.2, 0.25) is 0 Å². The SMILES string of the molecule is CC(C)(C#N)CCn1cc(CCN)c2ccccc21. The lowest BCUT2D eigenvalue weighted by Crippen LogP contribution is -2.12. The van der Waals surface area contributed by atoms with E-state index in [-0.39, 0.29) is 5.41 Å². The lowest BCUT2D eigenvalue weighted by molar-refractivity contribution is 0.417. The molecule has 2 N–H and O–H groups in total. The Morgan fingerprint density at radius 1 is 1.32 bits per heavy atom. The van der Waals surface area contributed by atoms with E-state index in [1.54, 1.807) is 0 Å². The summed E-state index contributed by atoms with van der Waals surface area (Å²) in [7, 11) is 0. The largest absolute Gasteiger partial charge is 0.347 e. The first-order valence-electron chi connectivity index (χ1n) is 6.75. The van der Waals surface area contributed by atoms with Crippen LogP contribution in [0.4, 0.5) is 0 Å². The van der Waals surface area contributed by atoms with E-state index in [9.17, 15) is 0 Å². The van der Waals surface area contributed by atoms with Crippen LogP contribution in [0.1, 0.15) is 25.8 Å². The quantitative estimate of drug-likeness (QED) is 0.892. The number of fused-ring (bicyclic) bond motifs is 1. The summed E-state index contributed by atoms with van der Waals surface area (Å²) in [5, 5.41) is 10.4. The van der Waals surface area contributed by atoms with Crippen LogP contribution in [-0.2, 0) is 13.0 Å². The minimum atomic E-state index is -0.278. The fourth-order valence-corrected chi connectivity index (χ4v) is 2.32. The zero-order valence-corrected chi connectivity index (χ0v) is 11.7. The van der Waals surface area contributed by atoms with Crippen molar-refractivity contribution in [3.8, 4) is 6.07 Å². The molecule has 1 aromatic heterocycles. The second-order valence-corrected chi connectivity index (χ2v) is 5.65. The van der Waals surface area contributed by atoms with Crippen LogP contribution < -0.4 is 5.73 Å². The van der Waals surface area contributed by atoms with Gasteiger partial charge in [-0.15, -0.1) is 0 Å². The summed E-state index contributed by atoms with van der Waals surface area (Å²) in [6.07, 6.45) is 3.93. The summed E-state index contributed by atoms with van der Waals surface area (Å²) >= 11 is 0. The number of aromatic nitrogens is 1. The maximum Gasteiger partial charge on any atom is 0.0684 e. The molecule has 0 atom stereocenters. The number of rotatable bonds is 5. The molecule has 3 nitrogen and oxygen atoms in total. The van der Waals surface area contributed by atoms with E-state index in [4.69, 9.17) is 11.0 Å². The highest BCUT2D eigenvalue weighted by molar-refractivity contribution is 5.84. The fraction of sp³-hybridized carbons (Fsp3) is 0.438. The number of nitrogens with two attached hydrogens (primary N) is 1. The lowest BCUT2D eigenvalue weighted by Gasteiger charge is -2.15. The highest BCUT2D eigenvalue weighted by Crippen LogP contribution is 2.25. The van der Waals surface area contributed by atoms with Crippen LogP contribution in [0.15, 0.2) is 30.5 Å². The molecule has 3 heteroatoms. The smallest absolute Gasteiger partial charge is 0.0684 e. The first kappa shape index (κ1) is 13.6. The minimum absolute atomic E-state index is 0.278. The Morgan fingerprint density at radius 2 is 2.05 bits per heavy atom. The van der Waals surface area contributed by atoms with E-state index in [0.29, 0.717) is 6.54 Å². The third-order valence-electron chi connectivity index (χ3n) is 3.57. The summed E-state index contributed by atoms with van der Waals surface area (Å²) in [5.41, 5.74) is 7.93. The standard InChI is InChI=1S/C16H21N3/c1-16(2,12-18)8-10-19-11-13(7-9-17)14-5-3-4-6-15(14)19/h3-6,11H,7-10,17H2,1-2H3. The molecular formula is C16H21N3. The Balaban J connectivity index is 2.31. The number of nitrogens with zero attached hydrogens (tertiary/aromatic N) is 2. The van der Waals surface area contributed by atoms with E-state index in [2.05, 4.69) is 41.1 Å². The summed E-state index contributed by atoms with van der Waals surface area (Å²) in [4.78, 5) is 0. The van der Waals surface area contributed by atoms with Gasteiger partial charge in [0.1, 0.15) is 0 Å². The van der Waals surface area contributed by atoms with Gasteiger partial charge in [-0.1, -0.05) is 18.2 Å². The Hall–Kier alpha value is -1.79. The molecule has 2 rings (SSSR count). The van der Waals surface area contributed by atoms with Gasteiger partial charge in [0.05, 0.1) is 11.5 Å². The van der Waals surface area contributed by atoms with Gasteiger partial charge in [0, 0.05) is 23.6 Å². The molecule has 0 aliphatic carbocycles. The molecule has 0 unspecified atom stereocenters. The highest BCUT2D eigenvalue weighted by atomic mass is 15.0. The van der Waals surface area contributed by atoms with Gasteiger partial charge in [-0.05, 0) is 44.9 Å². The molecule has 1 heterocycles. The van der Waals surface area contributed by atoms with Gasteiger partial charge >= 0.3 is 0 Å². The molecule has 0 aliphatic heterocycles. The third-order valence-corrected chi connectivity index (χ3v) is 3.57. The van der Waals surface area contributed by atoms with E-state index in [1.165, 1.54) is 16.5 Å². The topological polar surface area (TPSA) is 54.7 Å². The lowest BCUT2D eigenvalue weighted by atomic mass is 9.91. The summed E-state index contributed by atoms with van der Waals surface area (Å²) in [5.74, 6) is 0. The number of benzene rings is 1. The highest BCUT2D eigenvalue weighted by Gasteiger charge is 2.17. The van der Waals surface area contributed by atoms with Crippen molar-refractivity contribution in [3.63, 3.8) is 0 Å². The van der Waals surface area contributed by atoms with Crippen LogP contribution in [0, 0.1) is 16.7 Å². The van der Waals surface area contributed by atoms with Crippen LogP contribution in [0.5, 0.6) is 0 Å². The molecule has 0 saturated carbocycles. The summed E-state index contributed by atoms with van der Waals surface area (Å²) in [6, 6.07) is 10.8. The average molecular weight is 255 g/mol. The maximum absolute atomic E-state index is 9.10. The molecule has 0 bridgehead atoms. The predicted molar refractivity (Wildman–Crippen MR) is 78.7 cm³/mol. The molecule has 19 heavy (non-hydrogen) atoms. The molecule has 1 aromatic carbocycles. The Morgan fingerprint density at radius 3 is 2.74 bits per heavy atom. The molecule has 2 aromatic rings. The molecule has 0 spiro atoms. The third kappa shape index (κ3) is 2.97. The molecule has 0 saturated heterocycles. The van der Waals surface area contributed by atoms with E-state index in [1.807, 2.05) is 13.8 Å². The number of hydrogen-bond acceptors (Lipinski definition) is 2. The molecule has 0 radical (unpaired) electrons. The molecule has 0 fully saturated rings. The summed E-state index contributed by atoms with van der Waals surface area (Å²) < 4.78 is 2.25. The van der Waals surface area contributed by atoms with E-state index in [0.717, 1.165) is 19.4 Å². The normalized spacial score (nSPS) is 11.7. The molecule has 0 aliphatic rings. The number of hydrogen-bond donors (Lipinski definition) is 1. The first-order valence-corrected chi connectivity index (χ1v) is 6.75. The van der Waals surface area contributed by atoms with Crippen molar-refractivity contribution in [2.75, 3.05) is 6.54 Å². The molecule has 0 amide bonds. The van der Waals surface area contributed by atoms with Crippen LogP contribution >= 0.6 is 0 Å². The van der Waals surface area contributed by atoms with Crippen molar-refractivity contribution in [2.24, 2.45) is 11.1 Å². The van der Waals surface area contributed by atoms with Crippen LogP contribution in [0.3, 0.4) is 0 Å². The van der Waals surface area contributed by atoms with Crippen molar-refractivity contribution in [1.82, 2.24) is 4.57 Å². The van der Waals surface area contributed by atoms with Gasteiger partial charge in [-0.2, -0.15) is 5.26 Å². The van der Waals surface area contributed by atoms with Crippen LogP contribution in [0.2, 0.25) is 0 Å². The Bertz CT molecular complexity index is 602. The van der Waals surface area contributed by atoms with Gasteiger partial charge in [-0.25, -0.2) is 0 Å². The van der Waals surface area contributed by atoms with Crippen molar-refractivity contribution >= 4 is 10.9 Å². The van der Waals surface area contributed by atoms with Crippen molar-refractivity contribution < 1.29 is 0 Å². The van der Waals surface area contributed by atoms with E-state index < -0.39 is 0 Å². The Labute approximate surface area is 114 Å². The zero-order chi connectivity index (χ0) is 13.9. The van der Waals surface area contributed by atoms with Gasteiger partial charge in [-0.3, -0.25) is 0 Å². The van der Waals surface area contributed by atoms with Gasteiger partial charge < -0.3 is 10.3 Å². The van der Waals surface area contributed by atoms with Crippen molar-refractivity contribution in [1.29, 1.82) is 5.26 Å². The predicted octanol–water partition coefficient (Wildman–Crippen LogP) is 3.08. The number of para-hydroxylation sites is 1. The van der Waals surface area contributed by atoms with Crippen LogP contribution in [0.25, 0.3) is 10.9 Å². The number of nitriles is 1. The second-order valence-electron chi connectivity index (χ2n) is 5.65. The fourth-order valence-electron chi connectivity index (χ4n) is 2.32. The van der Waals surface area contributed by atoms with Gasteiger partial charge in [0.15, 0.2) is 0 Å². The zero-order valence-electron chi connectivity index (χ0n) is 11.7. The maximum atomic E-state index is 9.10. The van der Waals surface area contributed by atoms with Gasteiger partial charge in [0.25, 0.3) is 0 Å². The summed E-state index contributed by atoms with van der Waals surface area (Å²) in [6.45, 7) is 5.50. The van der Waals surface area contributed by atoms with E-state index >= 15 is 0 Å². The number of aryl methyl sites for hydroxylation is 1. The average Bonchev–Trinajstić information content (AvgIpc) is 2.76. The van der Waals surface area contributed by atoms with Crippen molar-refractivity contribution in [3.05, 3.63) is 36.0 Å². The molecule has 100 valence electrons. The second kappa shape index (κ2) is 5.46. The monoisotopic (exact) mass is 255 g/mol. The van der Waals surface area contributed by atoms with Crippen molar-refractivity contribution in [2.45, 2.75) is 33.2 Å². The molecular weight excluding hydrogens is 234 g/mol. The van der Waals surface area contributed by atoms with Crippen LogP contribution in [-0.4, -0.2) is 11.1 Å². The first-order chi connectivity index (χ1) is 9.07.